The van der Waals surface area contributed by atoms with Gasteiger partial charge in [-0.1, -0.05) is 54.6 Å². The molecule has 4 rings (SSSR count). The van der Waals surface area contributed by atoms with Gasteiger partial charge < -0.3 is 4.98 Å². The maximum Gasteiger partial charge on any atom is 0.0999 e. The predicted molar refractivity (Wildman–Crippen MR) is 101 cm³/mol. The summed E-state index contributed by atoms with van der Waals surface area (Å²) in [4.78, 5) is 7.61. The number of nitrogens with zero attached hydrogens (tertiary/aromatic N) is 2. The van der Waals surface area contributed by atoms with Crippen molar-refractivity contribution in [2.45, 2.75) is 0 Å². The standard InChI is InChI=1S/C22H15N3/c23-14-18(13-16-7-6-12-24-15-16)21-19-10-4-5-11-20(19)25-22(21)17-8-2-1-3-9-17/h1-13,15,25H. The Kier molecular flexibility index (Phi) is 3.86. The van der Waals surface area contributed by atoms with E-state index in [4.69, 9.17) is 0 Å². The molecule has 2 aromatic heterocycles. The second kappa shape index (κ2) is 6.46. The molecule has 2 aromatic carbocycles. The molecule has 0 unspecified atom stereocenters. The van der Waals surface area contributed by atoms with Crippen LogP contribution >= 0.6 is 0 Å². The Morgan fingerprint density at radius 2 is 1.76 bits per heavy atom. The van der Waals surface area contributed by atoms with Gasteiger partial charge in [0.25, 0.3) is 0 Å². The number of para-hydroxylation sites is 1. The van der Waals surface area contributed by atoms with Crippen molar-refractivity contribution in [3.05, 3.63) is 90.3 Å². The lowest BCUT2D eigenvalue weighted by Gasteiger charge is -2.04. The summed E-state index contributed by atoms with van der Waals surface area (Å²) in [5, 5.41) is 10.9. The largest absolute Gasteiger partial charge is 0.354 e. The Morgan fingerprint density at radius 1 is 0.960 bits per heavy atom. The van der Waals surface area contributed by atoms with Crippen molar-refractivity contribution in [2.24, 2.45) is 0 Å². The number of aromatic amines is 1. The molecule has 3 heteroatoms. The summed E-state index contributed by atoms with van der Waals surface area (Å²) in [6.07, 6.45) is 5.37. The van der Waals surface area contributed by atoms with E-state index >= 15 is 0 Å². The number of pyridine rings is 1. The van der Waals surface area contributed by atoms with Crippen LogP contribution in [-0.2, 0) is 0 Å². The third-order valence-electron chi connectivity index (χ3n) is 4.15. The highest BCUT2D eigenvalue weighted by atomic mass is 14.7. The molecule has 3 nitrogen and oxygen atoms in total. The first-order valence-electron chi connectivity index (χ1n) is 8.05. The molecule has 4 aromatic rings. The number of hydrogen-bond acceptors (Lipinski definition) is 2. The second-order valence-electron chi connectivity index (χ2n) is 5.74. The molecule has 25 heavy (non-hydrogen) atoms. The van der Waals surface area contributed by atoms with E-state index in [1.54, 1.807) is 12.4 Å². The molecule has 0 fully saturated rings. The number of nitrogens with one attached hydrogen (secondary N) is 1. The number of nitriles is 1. The first-order chi connectivity index (χ1) is 12.4. The summed E-state index contributed by atoms with van der Waals surface area (Å²) in [7, 11) is 0. The zero-order valence-corrected chi connectivity index (χ0v) is 13.5. The fourth-order valence-electron chi connectivity index (χ4n) is 3.03. The van der Waals surface area contributed by atoms with Crippen molar-refractivity contribution in [2.75, 3.05) is 0 Å². The van der Waals surface area contributed by atoms with Crippen molar-refractivity contribution in [3.63, 3.8) is 0 Å². The third-order valence-corrected chi connectivity index (χ3v) is 4.15. The summed E-state index contributed by atoms with van der Waals surface area (Å²) >= 11 is 0. The quantitative estimate of drug-likeness (QED) is 0.521. The summed E-state index contributed by atoms with van der Waals surface area (Å²) < 4.78 is 0. The Labute approximate surface area is 145 Å². The SMILES string of the molecule is N#CC(=Cc1cccnc1)c1c(-c2ccccc2)[nH]c2ccccc12. The van der Waals surface area contributed by atoms with E-state index in [0.29, 0.717) is 5.57 Å². The number of hydrogen-bond donors (Lipinski definition) is 1. The highest BCUT2D eigenvalue weighted by Gasteiger charge is 2.16. The topological polar surface area (TPSA) is 52.5 Å². The van der Waals surface area contributed by atoms with Gasteiger partial charge in [0, 0.05) is 28.9 Å². The maximum absolute atomic E-state index is 9.84. The summed E-state index contributed by atoms with van der Waals surface area (Å²) in [6, 6.07) is 24.3. The van der Waals surface area contributed by atoms with Crippen LogP contribution in [0.5, 0.6) is 0 Å². The van der Waals surface area contributed by atoms with Crippen LogP contribution in [0.2, 0.25) is 0 Å². The molecule has 0 aliphatic rings. The van der Waals surface area contributed by atoms with E-state index in [-0.39, 0.29) is 0 Å². The summed E-state index contributed by atoms with van der Waals surface area (Å²) in [6.45, 7) is 0. The molecule has 0 spiro atoms. The van der Waals surface area contributed by atoms with Crippen molar-refractivity contribution >= 4 is 22.6 Å². The maximum atomic E-state index is 9.84. The van der Waals surface area contributed by atoms with Gasteiger partial charge in [-0.15, -0.1) is 0 Å². The highest BCUT2D eigenvalue weighted by Crippen LogP contribution is 2.35. The smallest absolute Gasteiger partial charge is 0.0999 e. The van der Waals surface area contributed by atoms with E-state index < -0.39 is 0 Å². The second-order valence-corrected chi connectivity index (χ2v) is 5.74. The van der Waals surface area contributed by atoms with Gasteiger partial charge in [-0.3, -0.25) is 4.98 Å². The molecule has 0 saturated heterocycles. The van der Waals surface area contributed by atoms with Crippen molar-refractivity contribution in [1.82, 2.24) is 9.97 Å². The normalized spacial score (nSPS) is 11.4. The van der Waals surface area contributed by atoms with Gasteiger partial charge in [-0.05, 0) is 29.3 Å². The first-order valence-corrected chi connectivity index (χ1v) is 8.05. The molecular weight excluding hydrogens is 306 g/mol. The molecule has 0 aliphatic carbocycles. The van der Waals surface area contributed by atoms with Crippen LogP contribution in [0.1, 0.15) is 11.1 Å². The molecule has 0 saturated carbocycles. The number of aromatic nitrogens is 2. The van der Waals surface area contributed by atoms with Gasteiger partial charge in [0.2, 0.25) is 0 Å². The van der Waals surface area contributed by atoms with Gasteiger partial charge in [-0.25, -0.2) is 0 Å². The third kappa shape index (κ3) is 2.82. The average molecular weight is 321 g/mol. The van der Waals surface area contributed by atoms with E-state index in [2.05, 4.69) is 16.0 Å². The van der Waals surface area contributed by atoms with E-state index in [1.807, 2.05) is 72.8 Å². The molecule has 0 amide bonds. The molecule has 0 bridgehead atoms. The van der Waals surface area contributed by atoms with Crippen molar-refractivity contribution in [3.8, 4) is 17.3 Å². The van der Waals surface area contributed by atoms with Gasteiger partial charge in [0.1, 0.15) is 0 Å². The van der Waals surface area contributed by atoms with Gasteiger partial charge >= 0.3 is 0 Å². The molecule has 2 heterocycles. The van der Waals surface area contributed by atoms with Crippen LogP contribution in [0.4, 0.5) is 0 Å². The van der Waals surface area contributed by atoms with Gasteiger partial charge in [-0.2, -0.15) is 5.26 Å². The van der Waals surface area contributed by atoms with Crippen LogP contribution in [0.25, 0.3) is 33.8 Å². The minimum Gasteiger partial charge on any atom is -0.354 e. The number of rotatable bonds is 3. The van der Waals surface area contributed by atoms with Crippen LogP contribution in [0, 0.1) is 11.3 Å². The Morgan fingerprint density at radius 3 is 2.52 bits per heavy atom. The van der Waals surface area contributed by atoms with Crippen LogP contribution in [0.15, 0.2) is 79.1 Å². The molecule has 0 radical (unpaired) electrons. The van der Waals surface area contributed by atoms with Gasteiger partial charge in [0.15, 0.2) is 0 Å². The highest BCUT2D eigenvalue weighted by molar-refractivity contribution is 6.06. The molecule has 0 aliphatic heterocycles. The Hall–Kier alpha value is -3.64. The van der Waals surface area contributed by atoms with Crippen LogP contribution in [-0.4, -0.2) is 9.97 Å². The number of fused-ring (bicyclic) bond motifs is 1. The zero-order chi connectivity index (χ0) is 17.1. The monoisotopic (exact) mass is 321 g/mol. The zero-order valence-electron chi connectivity index (χ0n) is 13.5. The molecule has 0 atom stereocenters. The number of benzene rings is 2. The van der Waals surface area contributed by atoms with Gasteiger partial charge in [0.05, 0.1) is 17.3 Å². The van der Waals surface area contributed by atoms with E-state index in [0.717, 1.165) is 33.3 Å². The number of allylic oxidation sites excluding steroid dienone is 1. The van der Waals surface area contributed by atoms with Crippen molar-refractivity contribution < 1.29 is 0 Å². The average Bonchev–Trinajstić information content (AvgIpc) is 3.07. The van der Waals surface area contributed by atoms with Crippen LogP contribution < -0.4 is 0 Å². The minimum atomic E-state index is 0.615. The Bertz CT molecular complexity index is 1080. The number of H-pyrrole nitrogens is 1. The molecule has 118 valence electrons. The first kappa shape index (κ1) is 14.9. The lowest BCUT2D eigenvalue weighted by atomic mass is 9.97. The van der Waals surface area contributed by atoms with E-state index in [9.17, 15) is 5.26 Å². The van der Waals surface area contributed by atoms with Crippen LogP contribution in [0.3, 0.4) is 0 Å². The predicted octanol–water partition coefficient (Wildman–Crippen LogP) is 5.29. The lowest BCUT2D eigenvalue weighted by Crippen LogP contribution is -1.87. The Balaban J connectivity index is 1.99. The summed E-state index contributed by atoms with van der Waals surface area (Å²) in [5.41, 5.74) is 5.48. The van der Waals surface area contributed by atoms with E-state index in [1.165, 1.54) is 0 Å². The van der Waals surface area contributed by atoms with Crippen molar-refractivity contribution in [1.29, 1.82) is 5.26 Å². The lowest BCUT2D eigenvalue weighted by molar-refractivity contribution is 1.32. The minimum absolute atomic E-state index is 0.615. The molecule has 1 N–H and O–H groups in total. The summed E-state index contributed by atoms with van der Waals surface area (Å²) in [5.74, 6) is 0. The fraction of sp³-hybridized carbons (Fsp3) is 0. The molecular formula is C22H15N3. The fourth-order valence-corrected chi connectivity index (χ4v) is 3.03.